The van der Waals surface area contributed by atoms with Crippen LogP contribution in [0.15, 0.2) is 28.9 Å². The molecule has 0 aliphatic carbocycles. The Bertz CT molecular complexity index is 709. The van der Waals surface area contributed by atoms with Crippen LogP contribution in [-0.2, 0) is 9.59 Å². The molecule has 0 saturated carbocycles. The van der Waals surface area contributed by atoms with Gasteiger partial charge in [0.2, 0.25) is 0 Å². The van der Waals surface area contributed by atoms with Crippen molar-refractivity contribution in [2.45, 2.75) is 6.92 Å². The fourth-order valence-electron chi connectivity index (χ4n) is 2.83. The number of carbonyl (C=O) groups excluding carboxylic acids is 2. The van der Waals surface area contributed by atoms with Gasteiger partial charge in [0.25, 0.3) is 11.8 Å². The highest BCUT2D eigenvalue weighted by molar-refractivity contribution is 6.52. The van der Waals surface area contributed by atoms with Crippen LogP contribution in [-0.4, -0.2) is 49.9 Å². The van der Waals surface area contributed by atoms with Crippen LogP contribution in [0.4, 0.5) is 5.69 Å². The van der Waals surface area contributed by atoms with Crippen LogP contribution in [0.3, 0.4) is 0 Å². The predicted molar refractivity (Wildman–Crippen MR) is 89.8 cm³/mol. The monoisotopic (exact) mass is 354 g/mol. The van der Waals surface area contributed by atoms with E-state index in [1.165, 1.54) is 4.90 Å². The van der Waals surface area contributed by atoms with Gasteiger partial charge in [0.15, 0.2) is 0 Å². The van der Waals surface area contributed by atoms with E-state index in [1.54, 1.807) is 18.2 Å². The van der Waals surface area contributed by atoms with Crippen LogP contribution in [0.2, 0.25) is 5.02 Å². The van der Waals surface area contributed by atoms with Crippen molar-refractivity contribution in [3.63, 3.8) is 0 Å². The molecular formula is C16H18Cl2N3O2+. The van der Waals surface area contributed by atoms with Gasteiger partial charge < -0.3 is 9.80 Å². The quantitative estimate of drug-likeness (QED) is 0.799. The van der Waals surface area contributed by atoms with Crippen LogP contribution in [0.1, 0.15) is 5.56 Å². The summed E-state index contributed by atoms with van der Waals surface area (Å²) in [6.07, 6.45) is 0. The van der Waals surface area contributed by atoms with Crippen LogP contribution in [0, 0.1) is 6.92 Å². The second-order valence-electron chi connectivity index (χ2n) is 5.99. The Morgan fingerprint density at radius 3 is 2.35 bits per heavy atom. The topological polar surface area (TPSA) is 45.1 Å². The lowest BCUT2D eigenvalue weighted by Gasteiger charge is -2.31. The number of halogens is 2. The van der Waals surface area contributed by atoms with Crippen molar-refractivity contribution in [3.05, 3.63) is 39.5 Å². The van der Waals surface area contributed by atoms with E-state index in [2.05, 4.69) is 7.05 Å². The lowest BCUT2D eigenvalue weighted by atomic mass is 10.2. The first-order valence-electron chi connectivity index (χ1n) is 7.51. The lowest BCUT2D eigenvalue weighted by Crippen LogP contribution is -3.11. The van der Waals surface area contributed by atoms with Gasteiger partial charge in [-0.25, -0.2) is 4.90 Å². The Kier molecular flexibility index (Phi) is 4.36. The van der Waals surface area contributed by atoms with Gasteiger partial charge in [-0.2, -0.15) is 0 Å². The largest absolute Gasteiger partial charge is 0.354 e. The summed E-state index contributed by atoms with van der Waals surface area (Å²) >= 11 is 12.3. The highest BCUT2D eigenvalue weighted by Crippen LogP contribution is 2.32. The average molecular weight is 355 g/mol. The number of piperazine rings is 1. The third-order valence-electron chi connectivity index (χ3n) is 4.35. The molecule has 1 aromatic rings. The third-order valence-corrected chi connectivity index (χ3v) is 5.10. The van der Waals surface area contributed by atoms with Crippen LogP contribution in [0.5, 0.6) is 0 Å². The number of hydrogen-bond acceptors (Lipinski definition) is 3. The molecule has 0 atom stereocenters. The molecule has 5 nitrogen and oxygen atoms in total. The molecular weight excluding hydrogens is 337 g/mol. The Morgan fingerprint density at radius 2 is 1.74 bits per heavy atom. The van der Waals surface area contributed by atoms with Gasteiger partial charge in [0, 0.05) is 5.02 Å². The molecule has 0 bridgehead atoms. The summed E-state index contributed by atoms with van der Waals surface area (Å²) in [5.74, 6) is -0.864. The number of amides is 2. The maximum Gasteiger partial charge on any atom is 0.283 e. The van der Waals surface area contributed by atoms with E-state index in [0.29, 0.717) is 29.5 Å². The predicted octanol–water partition coefficient (Wildman–Crippen LogP) is 0.802. The maximum atomic E-state index is 12.8. The first kappa shape index (κ1) is 16.3. The van der Waals surface area contributed by atoms with Gasteiger partial charge in [-0.3, -0.25) is 9.59 Å². The van der Waals surface area contributed by atoms with Crippen molar-refractivity contribution < 1.29 is 14.5 Å². The standard InChI is InChI=1S/C16H17Cl2N3O2/c1-10-3-4-11(9-12(10)17)21-15(22)13(18)14(16(21)23)20-7-5-19(2)6-8-20/h3-4,9H,5-8H2,1-2H3/p+1. The lowest BCUT2D eigenvalue weighted by molar-refractivity contribution is -0.883. The van der Waals surface area contributed by atoms with E-state index in [1.807, 2.05) is 11.8 Å². The first-order valence-corrected chi connectivity index (χ1v) is 8.26. The molecule has 1 saturated heterocycles. The number of aryl methyl sites for hydroxylation is 1. The fourth-order valence-corrected chi connectivity index (χ4v) is 3.29. The molecule has 1 N–H and O–H groups in total. The van der Waals surface area contributed by atoms with E-state index in [9.17, 15) is 9.59 Å². The molecule has 0 spiro atoms. The summed E-state index contributed by atoms with van der Waals surface area (Å²) in [5.41, 5.74) is 1.64. The van der Waals surface area contributed by atoms with Crippen LogP contribution < -0.4 is 9.80 Å². The maximum absolute atomic E-state index is 12.8. The Labute approximate surface area is 145 Å². The van der Waals surface area contributed by atoms with Crippen molar-refractivity contribution >= 4 is 40.7 Å². The molecule has 2 heterocycles. The molecule has 2 aliphatic heterocycles. The summed E-state index contributed by atoms with van der Waals surface area (Å²) < 4.78 is 0. The second kappa shape index (κ2) is 6.15. The summed E-state index contributed by atoms with van der Waals surface area (Å²) in [5, 5.41) is 0.502. The molecule has 0 radical (unpaired) electrons. The number of benzene rings is 1. The summed E-state index contributed by atoms with van der Waals surface area (Å²) in [6, 6.07) is 5.11. The normalized spacial score (nSPS) is 20.0. The number of nitrogens with one attached hydrogen (secondary N) is 1. The summed E-state index contributed by atoms with van der Waals surface area (Å²) in [4.78, 5) is 29.7. The van der Waals surface area contributed by atoms with Crippen molar-refractivity contribution in [1.82, 2.24) is 4.90 Å². The average Bonchev–Trinajstić information content (AvgIpc) is 2.74. The van der Waals surface area contributed by atoms with E-state index in [0.717, 1.165) is 23.6 Å². The number of quaternary nitrogens is 1. The Hall–Kier alpha value is -1.56. The summed E-state index contributed by atoms with van der Waals surface area (Å²) in [6.45, 7) is 5.09. The zero-order chi connectivity index (χ0) is 16.7. The SMILES string of the molecule is Cc1ccc(N2C(=O)C(Cl)=C(N3CC[NH+](C)CC3)C2=O)cc1Cl. The Balaban J connectivity index is 1.91. The molecule has 1 aromatic carbocycles. The van der Waals surface area contributed by atoms with Crippen LogP contribution >= 0.6 is 23.2 Å². The van der Waals surface area contributed by atoms with Gasteiger partial charge in [-0.05, 0) is 24.6 Å². The highest BCUT2D eigenvalue weighted by Gasteiger charge is 2.42. The number of rotatable bonds is 2. The summed E-state index contributed by atoms with van der Waals surface area (Å²) in [7, 11) is 2.11. The smallest absolute Gasteiger partial charge is 0.283 e. The van der Waals surface area contributed by atoms with E-state index in [-0.39, 0.29) is 10.9 Å². The van der Waals surface area contributed by atoms with Gasteiger partial charge in [0.1, 0.15) is 10.7 Å². The van der Waals surface area contributed by atoms with E-state index < -0.39 is 5.91 Å². The zero-order valence-electron chi connectivity index (χ0n) is 13.0. The van der Waals surface area contributed by atoms with E-state index >= 15 is 0 Å². The zero-order valence-corrected chi connectivity index (χ0v) is 14.5. The second-order valence-corrected chi connectivity index (χ2v) is 6.77. The third kappa shape index (κ3) is 2.84. The minimum absolute atomic E-state index is 0.00810. The molecule has 0 aromatic heterocycles. The molecule has 3 rings (SSSR count). The highest BCUT2D eigenvalue weighted by atomic mass is 35.5. The molecule has 23 heavy (non-hydrogen) atoms. The van der Waals surface area contributed by atoms with Gasteiger partial charge in [0.05, 0.1) is 38.9 Å². The fraction of sp³-hybridized carbons (Fsp3) is 0.375. The molecule has 2 aliphatic rings. The molecule has 1 fully saturated rings. The van der Waals surface area contributed by atoms with Crippen molar-refractivity contribution in [1.29, 1.82) is 0 Å². The van der Waals surface area contributed by atoms with Crippen molar-refractivity contribution in [3.8, 4) is 0 Å². The molecule has 2 amide bonds. The number of likely N-dealkylation sites (N-methyl/N-ethyl adjacent to an activating group) is 1. The van der Waals surface area contributed by atoms with Gasteiger partial charge in [-0.1, -0.05) is 29.3 Å². The number of imide groups is 1. The number of anilines is 1. The number of nitrogens with zero attached hydrogens (tertiary/aromatic N) is 2. The van der Waals surface area contributed by atoms with Gasteiger partial charge >= 0.3 is 0 Å². The minimum atomic E-state index is -0.488. The number of hydrogen-bond donors (Lipinski definition) is 1. The van der Waals surface area contributed by atoms with E-state index in [4.69, 9.17) is 23.2 Å². The van der Waals surface area contributed by atoms with Crippen LogP contribution in [0.25, 0.3) is 0 Å². The van der Waals surface area contributed by atoms with Crippen molar-refractivity contribution in [2.24, 2.45) is 0 Å². The van der Waals surface area contributed by atoms with Crippen molar-refractivity contribution in [2.75, 3.05) is 38.1 Å². The minimum Gasteiger partial charge on any atom is -0.354 e. The number of carbonyl (C=O) groups is 2. The Morgan fingerprint density at radius 1 is 1.09 bits per heavy atom. The first-order chi connectivity index (χ1) is 10.9. The molecule has 0 unspecified atom stereocenters. The molecule has 122 valence electrons. The molecule has 7 heteroatoms. The van der Waals surface area contributed by atoms with Gasteiger partial charge in [-0.15, -0.1) is 0 Å².